The SMILES string of the molecule is Cc1ccccc1C(=O)NCc1ccc(-c2nn(C3CCC(Cl)C3)c(N)c2C(N)=O)cc1.Cc1ccccc1C(=O)NCc1ccc(-c2nn(C3CCC(O)CC3)c(N)c2C(N)=O)cc1.Cc1ccccc1C(=O)NCc1ccc(-c2nn(C3CCC3)c(N)c2C(N)=O)cc1.Cc1ccccc1C(=O)NCc1ccc(-c2nn(C3CCOC3)c(N)c2C(N)=O)cc1. The van der Waals surface area contributed by atoms with E-state index >= 15 is 0 Å². The molecule has 3 atom stereocenters. The molecular formula is C95H105ClN20O10. The van der Waals surface area contributed by atoms with Gasteiger partial charge in [-0.15, -0.1) is 11.6 Å². The number of nitrogen functional groups attached to an aromatic ring is 4. The number of hydrogen-bond acceptors (Lipinski definition) is 18. The van der Waals surface area contributed by atoms with Crippen LogP contribution in [-0.4, -0.2) is 116 Å². The highest BCUT2D eigenvalue weighted by molar-refractivity contribution is 6.20. The van der Waals surface area contributed by atoms with Gasteiger partial charge >= 0.3 is 0 Å². The lowest BCUT2D eigenvalue weighted by Gasteiger charge is -2.26. The van der Waals surface area contributed by atoms with Gasteiger partial charge in [-0.05, 0) is 167 Å². The van der Waals surface area contributed by atoms with E-state index in [1.165, 1.54) is 0 Å². The second-order valence-electron chi connectivity index (χ2n) is 32.1. The number of rotatable bonds is 24. The minimum absolute atomic E-state index is 0.0113. The zero-order valence-corrected chi connectivity index (χ0v) is 71.4. The smallest absolute Gasteiger partial charge is 0.254 e. The van der Waals surface area contributed by atoms with Crippen LogP contribution in [0.3, 0.4) is 0 Å². The van der Waals surface area contributed by atoms with Crippen LogP contribution in [0, 0.1) is 27.7 Å². The second-order valence-corrected chi connectivity index (χ2v) is 32.7. The van der Waals surface area contributed by atoms with Gasteiger partial charge in [-0.1, -0.05) is 170 Å². The zero-order chi connectivity index (χ0) is 89.6. The minimum atomic E-state index is -0.626. The van der Waals surface area contributed by atoms with Crippen LogP contribution < -0.4 is 67.1 Å². The first-order valence-corrected chi connectivity index (χ1v) is 42.4. The van der Waals surface area contributed by atoms with E-state index in [-0.39, 0.29) is 99.0 Å². The predicted molar refractivity (Wildman–Crippen MR) is 485 cm³/mol. The van der Waals surface area contributed by atoms with E-state index in [1.807, 2.05) is 204 Å². The Labute approximate surface area is 734 Å². The lowest BCUT2D eigenvalue weighted by Crippen LogP contribution is -2.23. The molecule has 3 aliphatic carbocycles. The third-order valence-corrected chi connectivity index (χ3v) is 23.8. The number of alkyl halides is 1. The van der Waals surface area contributed by atoms with Gasteiger partial charge in [-0.3, -0.25) is 38.4 Å². The number of nitrogens with one attached hydrogen (secondary N) is 4. The van der Waals surface area contributed by atoms with Crippen molar-refractivity contribution in [3.8, 4) is 45.0 Å². The maximum Gasteiger partial charge on any atom is 0.254 e. The molecule has 8 aromatic carbocycles. The van der Waals surface area contributed by atoms with Crippen LogP contribution in [0.2, 0.25) is 0 Å². The van der Waals surface area contributed by atoms with Gasteiger partial charge in [-0.25, -0.2) is 18.7 Å². The van der Waals surface area contributed by atoms with E-state index < -0.39 is 23.6 Å². The number of halogens is 1. The van der Waals surface area contributed by atoms with Crippen LogP contribution in [0.5, 0.6) is 0 Å². The summed E-state index contributed by atoms with van der Waals surface area (Å²) >= 11 is 6.25. The van der Waals surface area contributed by atoms with Gasteiger partial charge in [0.05, 0.1) is 36.9 Å². The van der Waals surface area contributed by atoms with Crippen molar-refractivity contribution in [2.45, 2.75) is 160 Å². The molecule has 21 N–H and O–H groups in total. The number of anilines is 4. The summed E-state index contributed by atoms with van der Waals surface area (Å²) in [5.74, 6) is -1.80. The molecule has 4 aromatic heterocycles. The molecule has 12 aromatic rings. The van der Waals surface area contributed by atoms with E-state index in [2.05, 4.69) is 41.7 Å². The average molecular weight is 1720 g/mol. The molecule has 31 heteroatoms. The Morgan fingerprint density at radius 2 is 0.619 bits per heavy atom. The highest BCUT2D eigenvalue weighted by Crippen LogP contribution is 2.41. The number of nitrogens with zero attached hydrogens (tertiary/aromatic N) is 8. The summed E-state index contributed by atoms with van der Waals surface area (Å²) in [6.45, 7) is 10.3. The van der Waals surface area contributed by atoms with Gasteiger partial charge in [0, 0.05) is 82.7 Å². The first-order valence-electron chi connectivity index (χ1n) is 41.9. The molecule has 8 amide bonds. The number of nitrogens with two attached hydrogens (primary N) is 8. The molecule has 16 rings (SSSR count). The monoisotopic (exact) mass is 1720 g/mol. The van der Waals surface area contributed by atoms with Crippen LogP contribution in [0.15, 0.2) is 194 Å². The quantitative estimate of drug-likeness (QED) is 0.0250. The highest BCUT2D eigenvalue weighted by Gasteiger charge is 2.34. The second kappa shape index (κ2) is 40.4. The fourth-order valence-corrected chi connectivity index (χ4v) is 16.3. The van der Waals surface area contributed by atoms with E-state index in [0.717, 1.165) is 125 Å². The van der Waals surface area contributed by atoms with Gasteiger partial charge in [0.2, 0.25) is 0 Å². The van der Waals surface area contributed by atoms with Crippen molar-refractivity contribution in [2.75, 3.05) is 36.1 Å². The number of primary amides is 4. The zero-order valence-electron chi connectivity index (χ0n) is 70.7. The topological polar surface area (TPSA) is 494 Å². The van der Waals surface area contributed by atoms with Crippen molar-refractivity contribution >= 4 is 82.1 Å². The van der Waals surface area contributed by atoms with E-state index in [0.29, 0.717) is 103 Å². The first kappa shape index (κ1) is 89.5. The summed E-state index contributed by atoms with van der Waals surface area (Å²) in [4.78, 5) is 98.1. The predicted octanol–water partition coefficient (Wildman–Crippen LogP) is 12.4. The number of aliphatic hydroxyl groups excluding tert-OH is 1. The normalized spacial score (nSPS) is 16.4. The molecule has 652 valence electrons. The highest BCUT2D eigenvalue weighted by atomic mass is 35.5. The molecule has 5 heterocycles. The fourth-order valence-electron chi connectivity index (χ4n) is 16.0. The molecule has 1 saturated heterocycles. The number of benzene rings is 8. The Hall–Kier alpha value is -14.2. The van der Waals surface area contributed by atoms with Gasteiger partial charge in [0.25, 0.3) is 47.3 Å². The molecule has 3 unspecified atom stereocenters. The standard InChI is InChI=1S/C25H29N5O3.C24H26ClN5O2.C23H25N5O3.C23H25N5O2/c1-15-4-2-3-5-20(15)25(33)28-14-16-6-8-17(9-7-16)22-21(24(27)32)23(26)30(29-22)18-10-12-19(31)13-11-18;1-14-4-2-3-5-19(14)24(32)28-13-15-6-8-16(9-7-15)21-20(23(27)31)22(26)30(29-21)18-11-10-17(25)12-18;1-14-4-2-3-5-18(14)23(30)26-12-15-6-8-16(9-7-15)20-19(22(25)29)21(24)28(27-20)17-10-11-31-13-17;1-14-5-2-3-8-18(14)23(30)26-13-15-9-11-16(12-10-15)20-19(22(25)29)21(24)28(27-20)17-6-4-7-17/h2-9,18-19,31H,10-14,26H2,1H3,(H2,27,32)(H,28,33);2-9,17-18H,10-13,26H2,1H3,(H2,27,31)(H,28,32);2-9,17H,10-13,24H2,1H3,(H2,25,29)(H,26,30);2-3,5,8-12,17H,4,6-7,13,24H2,1H3,(H2,25,29)(H,26,30). The van der Waals surface area contributed by atoms with Crippen LogP contribution in [-0.2, 0) is 30.9 Å². The van der Waals surface area contributed by atoms with Crippen molar-refractivity contribution in [1.29, 1.82) is 0 Å². The molecule has 1 aliphatic heterocycles. The Bertz CT molecular complexity index is 5980. The average Bonchev–Trinajstić information content (AvgIpc) is 1.64. The Balaban J connectivity index is 0.000000144. The van der Waals surface area contributed by atoms with E-state index in [4.69, 9.17) is 62.2 Å². The number of ether oxygens (including phenoxy) is 1. The molecular weight excluding hydrogens is 1620 g/mol. The number of aliphatic hydroxyl groups is 1. The van der Waals surface area contributed by atoms with Crippen LogP contribution in [0.1, 0.15) is 222 Å². The molecule has 30 nitrogen and oxygen atoms in total. The van der Waals surface area contributed by atoms with Gasteiger partial charge in [0.15, 0.2) is 0 Å². The molecule has 0 bridgehead atoms. The van der Waals surface area contributed by atoms with Crippen molar-refractivity contribution < 1.29 is 48.2 Å². The number of aromatic nitrogens is 8. The molecule has 4 fully saturated rings. The number of carbonyl (C=O) groups excluding carboxylic acids is 8. The van der Waals surface area contributed by atoms with Crippen molar-refractivity contribution in [2.24, 2.45) is 22.9 Å². The van der Waals surface area contributed by atoms with E-state index in [1.54, 1.807) is 36.9 Å². The van der Waals surface area contributed by atoms with Crippen LogP contribution >= 0.6 is 11.6 Å². The summed E-state index contributed by atoms with van der Waals surface area (Å²) < 4.78 is 12.2. The Morgan fingerprint density at radius 1 is 0.357 bits per heavy atom. The maximum atomic E-state index is 12.5. The summed E-state index contributed by atoms with van der Waals surface area (Å²) in [6.07, 6.45) is 8.95. The fraction of sp³-hybridized carbons (Fsp3) is 0.284. The maximum absolute atomic E-state index is 12.5. The Morgan fingerprint density at radius 3 is 0.857 bits per heavy atom. The van der Waals surface area contributed by atoms with Crippen LogP contribution in [0.4, 0.5) is 23.3 Å². The first-order chi connectivity index (χ1) is 60.6. The van der Waals surface area contributed by atoms with Crippen LogP contribution in [0.25, 0.3) is 45.0 Å². The summed E-state index contributed by atoms with van der Waals surface area (Å²) in [5.41, 5.74) is 63.1. The lowest BCUT2D eigenvalue weighted by atomic mass is 9.93. The number of amides is 8. The lowest BCUT2D eigenvalue weighted by molar-refractivity contribution is 0.0942. The third kappa shape index (κ3) is 20.8. The van der Waals surface area contributed by atoms with Gasteiger partial charge in [-0.2, -0.15) is 20.4 Å². The number of aryl methyl sites for hydroxylation is 4. The number of hydrogen-bond donors (Lipinski definition) is 13. The largest absolute Gasteiger partial charge is 0.393 e. The molecule has 0 radical (unpaired) electrons. The van der Waals surface area contributed by atoms with Crippen molar-refractivity contribution in [3.05, 3.63) is 283 Å². The molecule has 126 heavy (non-hydrogen) atoms. The van der Waals surface area contributed by atoms with Gasteiger partial charge in [0.1, 0.15) is 68.3 Å². The Kier molecular flexibility index (Phi) is 28.7. The third-order valence-electron chi connectivity index (χ3n) is 23.4. The van der Waals surface area contributed by atoms with Crippen molar-refractivity contribution in [3.63, 3.8) is 0 Å². The van der Waals surface area contributed by atoms with Crippen molar-refractivity contribution in [1.82, 2.24) is 60.4 Å². The van der Waals surface area contributed by atoms with Gasteiger partial charge < -0.3 is 77.0 Å². The summed E-state index contributed by atoms with van der Waals surface area (Å²) in [5, 5.41) is 40.1. The minimum Gasteiger partial charge on any atom is -0.393 e. The molecule has 3 saturated carbocycles. The summed E-state index contributed by atoms with van der Waals surface area (Å²) in [6, 6.07) is 60.0. The molecule has 4 aliphatic rings. The molecule has 0 spiro atoms. The number of carbonyl (C=O) groups is 8. The van der Waals surface area contributed by atoms with E-state index in [9.17, 15) is 43.5 Å². The summed E-state index contributed by atoms with van der Waals surface area (Å²) in [7, 11) is 0.